The van der Waals surface area contributed by atoms with E-state index in [-0.39, 0.29) is 13.2 Å². The Kier molecular flexibility index (Phi) is 5.21. The number of hydrogen-bond acceptors (Lipinski definition) is 3. The van der Waals surface area contributed by atoms with E-state index in [9.17, 15) is 4.79 Å². The monoisotopic (exact) mass is 258 g/mol. The molecule has 1 aromatic rings. The summed E-state index contributed by atoms with van der Waals surface area (Å²) in [5.74, 6) is 0. The molecular weight excluding hydrogens is 244 g/mol. The van der Waals surface area contributed by atoms with Crippen molar-refractivity contribution in [2.24, 2.45) is 0 Å². The van der Waals surface area contributed by atoms with Crippen molar-refractivity contribution in [3.8, 4) is 0 Å². The molecule has 4 N–H and O–H groups in total. The number of aliphatic hydroxyl groups excluding tert-OH is 2. The lowest BCUT2D eigenvalue weighted by molar-refractivity contribution is 0.0965. The van der Waals surface area contributed by atoms with Crippen LogP contribution in [0.4, 0.5) is 10.5 Å². The summed E-state index contributed by atoms with van der Waals surface area (Å²) in [6, 6.07) is 4.66. The summed E-state index contributed by atoms with van der Waals surface area (Å²) >= 11 is 5.79. The average Bonchev–Trinajstić information content (AvgIpc) is 2.29. The van der Waals surface area contributed by atoms with Crippen LogP contribution in [-0.4, -0.2) is 35.5 Å². The first kappa shape index (κ1) is 13.8. The van der Waals surface area contributed by atoms with Crippen LogP contribution < -0.4 is 10.6 Å². The van der Waals surface area contributed by atoms with Crippen LogP contribution in [0.1, 0.15) is 5.56 Å². The molecule has 0 aliphatic rings. The van der Waals surface area contributed by atoms with Crippen LogP contribution in [0.15, 0.2) is 18.2 Å². The molecule has 94 valence electrons. The van der Waals surface area contributed by atoms with Crippen LogP contribution in [-0.2, 0) is 0 Å². The summed E-state index contributed by atoms with van der Waals surface area (Å²) in [6.45, 7) is 1.43. The second kappa shape index (κ2) is 6.44. The summed E-state index contributed by atoms with van der Waals surface area (Å²) in [6.07, 6.45) is -0.952. The quantitative estimate of drug-likeness (QED) is 0.653. The third-order valence-electron chi connectivity index (χ3n) is 2.15. The van der Waals surface area contributed by atoms with E-state index in [1.807, 2.05) is 6.92 Å². The second-order valence-electron chi connectivity index (χ2n) is 3.63. The first-order valence-corrected chi connectivity index (χ1v) is 5.50. The van der Waals surface area contributed by atoms with Crippen LogP contribution in [0.3, 0.4) is 0 Å². The van der Waals surface area contributed by atoms with Gasteiger partial charge in [-0.2, -0.15) is 0 Å². The van der Waals surface area contributed by atoms with Crippen molar-refractivity contribution >= 4 is 23.3 Å². The minimum atomic E-state index is -0.952. The maximum atomic E-state index is 11.4. The highest BCUT2D eigenvalue weighted by Gasteiger charge is 2.07. The number of aryl methyl sites for hydroxylation is 1. The average molecular weight is 259 g/mol. The zero-order valence-electron chi connectivity index (χ0n) is 9.40. The fourth-order valence-corrected chi connectivity index (χ4v) is 1.44. The molecule has 0 spiro atoms. The normalized spacial score (nSPS) is 12.0. The Balaban J connectivity index is 2.50. The highest BCUT2D eigenvalue weighted by Crippen LogP contribution is 2.19. The standard InChI is InChI=1S/C11H15ClN2O3/c1-7-4-8(12)2-3-10(7)14-11(17)13-5-9(16)6-15/h2-4,9,15-16H,5-6H2,1H3,(H2,13,14,17). The molecule has 2 amide bonds. The lowest BCUT2D eigenvalue weighted by Gasteiger charge is -2.11. The van der Waals surface area contributed by atoms with Crippen molar-refractivity contribution < 1.29 is 15.0 Å². The number of anilines is 1. The zero-order valence-corrected chi connectivity index (χ0v) is 10.2. The molecule has 5 nitrogen and oxygen atoms in total. The number of halogens is 1. The van der Waals surface area contributed by atoms with Gasteiger partial charge in [-0.25, -0.2) is 4.79 Å². The van der Waals surface area contributed by atoms with E-state index in [4.69, 9.17) is 21.8 Å². The maximum absolute atomic E-state index is 11.4. The second-order valence-corrected chi connectivity index (χ2v) is 4.07. The molecule has 0 aromatic heterocycles. The van der Waals surface area contributed by atoms with E-state index in [0.717, 1.165) is 5.56 Å². The van der Waals surface area contributed by atoms with E-state index < -0.39 is 12.1 Å². The Bertz CT molecular complexity index is 398. The fraction of sp³-hybridized carbons (Fsp3) is 0.364. The Morgan fingerprint density at radius 2 is 2.24 bits per heavy atom. The molecule has 0 aliphatic heterocycles. The lowest BCUT2D eigenvalue weighted by Crippen LogP contribution is -2.36. The molecule has 1 unspecified atom stereocenters. The number of hydrogen-bond donors (Lipinski definition) is 4. The molecule has 1 atom stereocenters. The molecule has 1 rings (SSSR count). The molecule has 1 aromatic carbocycles. The zero-order chi connectivity index (χ0) is 12.8. The predicted molar refractivity (Wildman–Crippen MR) is 66.3 cm³/mol. The molecule has 0 heterocycles. The molecule has 0 saturated heterocycles. The number of aliphatic hydroxyl groups is 2. The van der Waals surface area contributed by atoms with Gasteiger partial charge < -0.3 is 20.8 Å². The third-order valence-corrected chi connectivity index (χ3v) is 2.38. The number of nitrogens with one attached hydrogen (secondary N) is 2. The van der Waals surface area contributed by atoms with Gasteiger partial charge in [0.25, 0.3) is 0 Å². The first-order chi connectivity index (χ1) is 8.02. The summed E-state index contributed by atoms with van der Waals surface area (Å²) in [4.78, 5) is 11.4. The first-order valence-electron chi connectivity index (χ1n) is 5.13. The van der Waals surface area contributed by atoms with Gasteiger partial charge in [0.2, 0.25) is 0 Å². The summed E-state index contributed by atoms with van der Waals surface area (Å²) < 4.78 is 0. The highest BCUT2D eigenvalue weighted by atomic mass is 35.5. The van der Waals surface area contributed by atoms with Crippen LogP contribution in [0.2, 0.25) is 5.02 Å². The number of carbonyl (C=O) groups excluding carboxylic acids is 1. The smallest absolute Gasteiger partial charge is 0.319 e. The number of rotatable bonds is 4. The van der Waals surface area contributed by atoms with E-state index in [0.29, 0.717) is 10.7 Å². The largest absolute Gasteiger partial charge is 0.394 e. The molecule has 17 heavy (non-hydrogen) atoms. The van der Waals surface area contributed by atoms with Crippen molar-refractivity contribution in [2.45, 2.75) is 13.0 Å². The van der Waals surface area contributed by atoms with E-state index in [1.54, 1.807) is 18.2 Å². The van der Waals surface area contributed by atoms with Gasteiger partial charge in [-0.15, -0.1) is 0 Å². The Morgan fingerprint density at radius 3 is 2.82 bits per heavy atom. The van der Waals surface area contributed by atoms with Gasteiger partial charge in [0.15, 0.2) is 0 Å². The Labute approximate surface area is 104 Å². The van der Waals surface area contributed by atoms with E-state index in [1.165, 1.54) is 0 Å². The summed E-state index contributed by atoms with van der Waals surface area (Å²) in [5.41, 5.74) is 1.49. The molecule has 0 aliphatic carbocycles. The van der Waals surface area contributed by atoms with Gasteiger partial charge in [-0.05, 0) is 30.7 Å². The molecule has 0 fully saturated rings. The SMILES string of the molecule is Cc1cc(Cl)ccc1NC(=O)NCC(O)CO. The molecule has 0 saturated carbocycles. The molecule has 0 radical (unpaired) electrons. The number of amides is 2. The highest BCUT2D eigenvalue weighted by molar-refractivity contribution is 6.30. The number of benzene rings is 1. The van der Waals surface area contributed by atoms with Gasteiger partial charge in [-0.1, -0.05) is 11.6 Å². The van der Waals surface area contributed by atoms with Crippen molar-refractivity contribution in [3.63, 3.8) is 0 Å². The van der Waals surface area contributed by atoms with Gasteiger partial charge in [0.1, 0.15) is 0 Å². The summed E-state index contributed by atoms with van der Waals surface area (Å²) in [7, 11) is 0. The maximum Gasteiger partial charge on any atom is 0.319 e. The van der Waals surface area contributed by atoms with Gasteiger partial charge >= 0.3 is 6.03 Å². The van der Waals surface area contributed by atoms with Gasteiger partial charge in [0.05, 0.1) is 12.7 Å². The van der Waals surface area contributed by atoms with E-state index >= 15 is 0 Å². The predicted octanol–water partition coefficient (Wildman–Crippen LogP) is 1.12. The summed E-state index contributed by atoms with van der Waals surface area (Å²) in [5, 5.41) is 23.3. The minimum absolute atomic E-state index is 0.00499. The molecule has 6 heteroatoms. The van der Waals surface area contributed by atoms with Crippen LogP contribution in [0, 0.1) is 6.92 Å². The minimum Gasteiger partial charge on any atom is -0.394 e. The van der Waals surface area contributed by atoms with Crippen LogP contribution in [0.25, 0.3) is 0 Å². The fourth-order valence-electron chi connectivity index (χ4n) is 1.21. The topological polar surface area (TPSA) is 81.6 Å². The van der Waals surface area contributed by atoms with Crippen molar-refractivity contribution in [3.05, 3.63) is 28.8 Å². The Hall–Kier alpha value is -1.30. The number of urea groups is 1. The Morgan fingerprint density at radius 1 is 1.53 bits per heavy atom. The van der Waals surface area contributed by atoms with Crippen LogP contribution >= 0.6 is 11.6 Å². The van der Waals surface area contributed by atoms with E-state index in [2.05, 4.69) is 10.6 Å². The van der Waals surface area contributed by atoms with Gasteiger partial charge in [-0.3, -0.25) is 0 Å². The number of carbonyl (C=O) groups is 1. The van der Waals surface area contributed by atoms with Crippen molar-refractivity contribution in [1.82, 2.24) is 5.32 Å². The third kappa shape index (κ3) is 4.60. The lowest BCUT2D eigenvalue weighted by atomic mass is 10.2. The van der Waals surface area contributed by atoms with Crippen LogP contribution in [0.5, 0.6) is 0 Å². The molecule has 0 bridgehead atoms. The van der Waals surface area contributed by atoms with Gasteiger partial charge in [0, 0.05) is 17.3 Å². The van der Waals surface area contributed by atoms with Crippen molar-refractivity contribution in [2.75, 3.05) is 18.5 Å². The molecular formula is C11H15ClN2O3. The van der Waals surface area contributed by atoms with Crippen molar-refractivity contribution in [1.29, 1.82) is 0 Å².